The van der Waals surface area contributed by atoms with Gasteiger partial charge < -0.3 is 37.7 Å². The van der Waals surface area contributed by atoms with E-state index < -0.39 is 52.5 Å². The number of nitrogens with one attached hydrogen (secondary N) is 1. The van der Waals surface area contributed by atoms with E-state index in [-0.39, 0.29) is 54.3 Å². The molecule has 17 heteroatoms. The van der Waals surface area contributed by atoms with E-state index in [4.69, 9.17) is 32.4 Å². The van der Waals surface area contributed by atoms with E-state index in [0.29, 0.717) is 28.4 Å². The van der Waals surface area contributed by atoms with Crippen molar-refractivity contribution >= 4 is 55.8 Å². The molecule has 6 aromatic carbocycles. The highest BCUT2D eigenvalue weighted by molar-refractivity contribution is 8.13. The first-order valence-corrected chi connectivity index (χ1v) is 31.4. The van der Waals surface area contributed by atoms with Gasteiger partial charge in [0.1, 0.15) is 35.2 Å². The van der Waals surface area contributed by atoms with Crippen molar-refractivity contribution in [2.45, 2.75) is 110 Å². The molecule has 0 spiro atoms. The molecule has 8 rings (SSSR count). The van der Waals surface area contributed by atoms with Crippen LogP contribution in [0.5, 0.6) is 11.5 Å². The Balaban J connectivity index is 1.11. The molecule has 426 valence electrons. The van der Waals surface area contributed by atoms with Gasteiger partial charge >= 0.3 is 5.69 Å². The lowest BCUT2D eigenvalue weighted by atomic mass is 9.80. The highest BCUT2D eigenvalue weighted by Gasteiger charge is 2.50. The molecule has 0 saturated carbocycles. The fraction of sp³-hybridized carbons (Fsp3) is 0.344. The molecule has 1 fully saturated rings. The second-order valence-corrected chi connectivity index (χ2v) is 28.4. The van der Waals surface area contributed by atoms with Crippen LogP contribution in [0.2, 0.25) is 5.04 Å². The van der Waals surface area contributed by atoms with Gasteiger partial charge in [0.15, 0.2) is 5.12 Å². The first-order valence-electron chi connectivity index (χ1n) is 27.4. The van der Waals surface area contributed by atoms with E-state index >= 15 is 0 Å². The Labute approximate surface area is 483 Å². The third-order valence-electron chi connectivity index (χ3n) is 14.4. The highest BCUT2D eigenvalue weighted by Crippen LogP contribution is 2.51. The number of ether oxygens (including phenoxy) is 4. The highest BCUT2D eigenvalue weighted by atomic mass is 32.2. The van der Waals surface area contributed by atoms with Crippen LogP contribution in [0.1, 0.15) is 101 Å². The number of hydrogen-bond donors (Lipinski definition) is 1. The van der Waals surface area contributed by atoms with Crippen molar-refractivity contribution in [1.82, 2.24) is 14.2 Å². The fourth-order valence-electron chi connectivity index (χ4n) is 10.7. The summed E-state index contributed by atoms with van der Waals surface area (Å²) in [6.07, 6.45) is -0.486. The monoisotopic (exact) mass is 1150 g/mol. The number of rotatable bonds is 25. The van der Waals surface area contributed by atoms with Crippen molar-refractivity contribution < 1.29 is 42.0 Å². The Kier molecular flexibility index (Phi) is 20.7. The number of aromatic nitrogens is 2. The second-order valence-electron chi connectivity index (χ2n) is 21.4. The van der Waals surface area contributed by atoms with Gasteiger partial charge in [-0.1, -0.05) is 166 Å². The molecule has 1 amide bonds. The predicted molar refractivity (Wildman–Crippen MR) is 325 cm³/mol. The maximum atomic E-state index is 14.4. The Hall–Kier alpha value is -6.30. The quantitative estimate of drug-likeness (QED) is 0.0251. The Morgan fingerprint density at radius 2 is 1.28 bits per heavy atom. The van der Waals surface area contributed by atoms with E-state index in [9.17, 15) is 14.4 Å². The van der Waals surface area contributed by atoms with Crippen LogP contribution < -0.4 is 30.9 Å². The molecule has 1 unspecified atom stereocenters. The Morgan fingerprint density at radius 3 is 1.80 bits per heavy atom. The van der Waals surface area contributed by atoms with Gasteiger partial charge in [-0.2, -0.15) is 4.98 Å². The topological polar surface area (TPSA) is 149 Å². The van der Waals surface area contributed by atoms with Crippen LogP contribution in [-0.2, 0) is 39.9 Å². The number of anilines is 1. The zero-order valence-electron chi connectivity index (χ0n) is 47.9. The largest absolute Gasteiger partial charge is 0.497 e. The number of amides is 1. The molecule has 7 aromatic rings. The van der Waals surface area contributed by atoms with Crippen molar-refractivity contribution in [3.8, 4) is 11.5 Å². The summed E-state index contributed by atoms with van der Waals surface area (Å²) in [6.45, 7) is 17.0. The van der Waals surface area contributed by atoms with Crippen molar-refractivity contribution in [3.05, 3.63) is 214 Å². The van der Waals surface area contributed by atoms with Gasteiger partial charge in [0.25, 0.3) is 22.8 Å². The molecule has 81 heavy (non-hydrogen) atoms. The number of thioether (sulfide) groups is 1. The van der Waals surface area contributed by atoms with E-state index in [1.165, 1.54) is 23.3 Å². The average Bonchev–Trinajstić information content (AvgIpc) is 3.70. The number of nitrogens with zero attached hydrogens (tertiary/aromatic N) is 3. The Morgan fingerprint density at radius 1 is 0.753 bits per heavy atom. The number of methoxy groups -OCH3 is 2. The van der Waals surface area contributed by atoms with Crippen LogP contribution in [0.3, 0.4) is 0 Å². The fourth-order valence-corrected chi connectivity index (χ4v) is 17.5. The number of carbonyl (C=O) groups excluding carboxylic acids is 2. The molecule has 1 aliphatic heterocycles. The van der Waals surface area contributed by atoms with Gasteiger partial charge in [-0.05, 0) is 102 Å². The van der Waals surface area contributed by atoms with E-state index in [2.05, 4.69) is 87.7 Å². The van der Waals surface area contributed by atoms with E-state index in [0.717, 1.165) is 27.1 Å². The minimum atomic E-state index is -2.95. The average molecular weight is 1150 g/mol. The normalized spacial score (nSPS) is 16.2. The molecule has 1 saturated heterocycles. The van der Waals surface area contributed by atoms with Crippen LogP contribution in [0.25, 0.3) is 0 Å². The molecule has 1 N–H and O–H groups in total. The lowest BCUT2D eigenvalue weighted by Gasteiger charge is -2.43. The van der Waals surface area contributed by atoms with Gasteiger partial charge in [-0.3, -0.25) is 14.2 Å². The molecule has 1 aromatic heterocycles. The second kappa shape index (κ2) is 27.6. The van der Waals surface area contributed by atoms with Gasteiger partial charge in [0.05, 0.1) is 40.1 Å². The first-order chi connectivity index (χ1) is 39.0. The summed E-state index contributed by atoms with van der Waals surface area (Å²) in [5.41, 5.74) is 1.79. The maximum Gasteiger partial charge on any atom is 0.351 e. The lowest BCUT2D eigenvalue weighted by molar-refractivity contribution is -0.109. The van der Waals surface area contributed by atoms with Crippen LogP contribution >= 0.6 is 20.3 Å². The third kappa shape index (κ3) is 14.1. The molecule has 1 aliphatic rings. The van der Waals surface area contributed by atoms with Gasteiger partial charge in [-0.15, -0.1) is 0 Å². The van der Waals surface area contributed by atoms with Crippen molar-refractivity contribution in [1.29, 1.82) is 0 Å². The minimum absolute atomic E-state index is 0.000421. The third-order valence-corrected chi connectivity index (χ3v) is 22.3. The number of carbonyl (C=O) groups is 2. The molecule has 0 aliphatic carbocycles. The van der Waals surface area contributed by atoms with Crippen LogP contribution in [0.4, 0.5) is 5.82 Å². The Bertz CT molecular complexity index is 3110. The summed E-state index contributed by atoms with van der Waals surface area (Å²) in [5.74, 6) is 1.46. The van der Waals surface area contributed by atoms with Crippen molar-refractivity contribution in [3.63, 3.8) is 0 Å². The van der Waals surface area contributed by atoms with Gasteiger partial charge in [-0.25, -0.2) is 9.46 Å². The van der Waals surface area contributed by atoms with Crippen LogP contribution in [0, 0.1) is 0 Å². The summed E-state index contributed by atoms with van der Waals surface area (Å²) < 4.78 is 50.1. The molecule has 4 atom stereocenters. The minimum Gasteiger partial charge on any atom is -0.497 e. The van der Waals surface area contributed by atoms with Gasteiger partial charge in [0, 0.05) is 42.9 Å². The molecular formula is C64H75N4O10PSSi. The van der Waals surface area contributed by atoms with E-state index in [1.54, 1.807) is 32.5 Å². The zero-order chi connectivity index (χ0) is 57.7. The first kappa shape index (κ1) is 60.8. The summed E-state index contributed by atoms with van der Waals surface area (Å²) in [5, 5.41) is 4.88. The van der Waals surface area contributed by atoms with Crippen LogP contribution in [0.15, 0.2) is 181 Å². The molecule has 14 nitrogen and oxygen atoms in total. The predicted octanol–water partition coefficient (Wildman–Crippen LogP) is 11.9. The summed E-state index contributed by atoms with van der Waals surface area (Å²) in [4.78, 5) is 45.1. The summed E-state index contributed by atoms with van der Waals surface area (Å²) >= 11 is 1.20. The van der Waals surface area contributed by atoms with Gasteiger partial charge in [0.2, 0.25) is 0 Å². The van der Waals surface area contributed by atoms with E-state index in [1.807, 2.05) is 133 Å². The van der Waals surface area contributed by atoms with Crippen molar-refractivity contribution in [2.24, 2.45) is 0 Å². The smallest absolute Gasteiger partial charge is 0.351 e. The SMILES string of the molecule is COc1ccc(C(OC[C@H]2O[C@@H](n3ccc(NC(=O)c4ccccc4CO[Si](c4ccccc4)(c4ccccc4)C(C)(C)C)nc3=O)C[C@@H]2OP(OCCSC(C)=O)N(C(C)C)C(C)C)(c2ccccc2)c2ccc(OC)cc2)cc1. The van der Waals surface area contributed by atoms with Crippen LogP contribution in [-0.4, -0.2) is 91.0 Å². The maximum absolute atomic E-state index is 14.4. The molecular weight excluding hydrogens is 1080 g/mol. The van der Waals surface area contributed by atoms with Crippen molar-refractivity contribution in [2.75, 3.05) is 38.5 Å². The number of benzene rings is 6. The molecule has 0 bridgehead atoms. The standard InChI is InChI=1S/C64H75N4O10PSSi/c1-45(2)68(46(3)4)79(75-40-41-80-47(5)69)78-57-42-60(77-58(57)44-74-64(49-23-14-11-15-24-49,50-30-34-52(72-9)35-31-50)51-32-36-53(73-10)37-33-51)67-39-38-59(66-62(67)71)65-61(70)56-29-21-20-22-48(56)43-76-81(63(6,7)8,54-25-16-12-17-26-54)55-27-18-13-19-28-55/h11-39,45-46,57-58,60H,40-44H2,1-10H3,(H,65,66,70,71)/t57-,58+,60+,79?/m0/s1. The summed E-state index contributed by atoms with van der Waals surface area (Å²) in [7, 11) is -1.43. The molecule has 2 heterocycles. The zero-order valence-corrected chi connectivity index (χ0v) is 50.7. The molecule has 0 radical (unpaired) electrons. The number of hydrogen-bond acceptors (Lipinski definition) is 13. The lowest BCUT2D eigenvalue weighted by Crippen LogP contribution is -2.66. The summed E-state index contributed by atoms with van der Waals surface area (Å²) in [6, 6.07) is 55.3.